The lowest BCUT2D eigenvalue weighted by Gasteiger charge is -2.28. The smallest absolute Gasteiger partial charge is 0.127 e. The van der Waals surface area contributed by atoms with Crippen molar-refractivity contribution >= 4 is 0 Å². The molecule has 1 heterocycles. The van der Waals surface area contributed by atoms with E-state index in [1.807, 2.05) is 0 Å². The summed E-state index contributed by atoms with van der Waals surface area (Å²) in [5.74, 6) is 1.13. The molecule has 1 aliphatic rings. The van der Waals surface area contributed by atoms with Gasteiger partial charge in [-0.1, -0.05) is 32.0 Å². The first kappa shape index (κ1) is 11.5. The molecule has 2 nitrogen and oxygen atoms in total. The summed E-state index contributed by atoms with van der Waals surface area (Å²) in [5.41, 5.74) is 2.68. The number of para-hydroxylation sites is 1. The van der Waals surface area contributed by atoms with E-state index in [0.717, 1.165) is 31.7 Å². The van der Waals surface area contributed by atoms with Gasteiger partial charge in [0.25, 0.3) is 0 Å². The Balaban J connectivity index is 2.24. The minimum Gasteiger partial charge on any atom is -0.493 e. The van der Waals surface area contributed by atoms with E-state index < -0.39 is 0 Å². The summed E-state index contributed by atoms with van der Waals surface area (Å²) in [6.45, 7) is 6.31. The Kier molecular flexibility index (Phi) is 3.83. The van der Waals surface area contributed by atoms with E-state index >= 15 is 0 Å². The number of hydrogen-bond donors (Lipinski definition) is 1. The Morgan fingerprint density at radius 2 is 2.25 bits per heavy atom. The first-order valence-electron chi connectivity index (χ1n) is 6.34. The van der Waals surface area contributed by atoms with Crippen molar-refractivity contribution in [1.82, 2.24) is 5.32 Å². The zero-order valence-corrected chi connectivity index (χ0v) is 10.3. The zero-order valence-electron chi connectivity index (χ0n) is 10.3. The highest BCUT2D eigenvalue weighted by molar-refractivity contribution is 5.44. The van der Waals surface area contributed by atoms with Crippen LogP contribution in [0.2, 0.25) is 0 Å². The van der Waals surface area contributed by atoms with Gasteiger partial charge in [0.05, 0.1) is 6.61 Å². The van der Waals surface area contributed by atoms with Crippen LogP contribution in [0.25, 0.3) is 0 Å². The van der Waals surface area contributed by atoms with Crippen molar-refractivity contribution in [1.29, 1.82) is 0 Å². The molecule has 1 aromatic rings. The van der Waals surface area contributed by atoms with Gasteiger partial charge < -0.3 is 10.1 Å². The third-order valence-electron chi connectivity index (χ3n) is 3.18. The van der Waals surface area contributed by atoms with E-state index in [4.69, 9.17) is 4.74 Å². The fourth-order valence-electron chi connectivity index (χ4n) is 2.30. The van der Waals surface area contributed by atoms with Crippen LogP contribution in [-0.2, 0) is 6.42 Å². The summed E-state index contributed by atoms with van der Waals surface area (Å²) in [6.07, 6.45) is 3.31. The predicted molar refractivity (Wildman–Crippen MR) is 67.0 cm³/mol. The van der Waals surface area contributed by atoms with Crippen molar-refractivity contribution in [2.24, 2.45) is 0 Å². The Morgan fingerprint density at radius 3 is 3.00 bits per heavy atom. The van der Waals surface area contributed by atoms with E-state index in [-0.39, 0.29) is 0 Å². The van der Waals surface area contributed by atoms with Gasteiger partial charge in [0.1, 0.15) is 5.75 Å². The van der Waals surface area contributed by atoms with Crippen LogP contribution in [0, 0.1) is 0 Å². The highest BCUT2D eigenvalue weighted by atomic mass is 16.5. The Labute approximate surface area is 98.0 Å². The minimum atomic E-state index is 0.482. The number of hydrogen-bond acceptors (Lipinski definition) is 2. The van der Waals surface area contributed by atoms with E-state index in [2.05, 4.69) is 37.4 Å². The second kappa shape index (κ2) is 5.35. The van der Waals surface area contributed by atoms with Gasteiger partial charge in [-0.25, -0.2) is 0 Å². The normalized spacial score (nSPS) is 19.0. The second-order valence-corrected chi connectivity index (χ2v) is 4.33. The fourth-order valence-corrected chi connectivity index (χ4v) is 2.30. The van der Waals surface area contributed by atoms with Gasteiger partial charge in [-0.05, 0) is 24.9 Å². The maximum Gasteiger partial charge on any atom is 0.127 e. The molecule has 0 aliphatic carbocycles. The molecule has 1 N–H and O–H groups in total. The first-order valence-corrected chi connectivity index (χ1v) is 6.34. The molecule has 2 heteroatoms. The first-order chi connectivity index (χ1) is 7.86. The largest absolute Gasteiger partial charge is 0.493 e. The molecule has 16 heavy (non-hydrogen) atoms. The quantitative estimate of drug-likeness (QED) is 0.840. The Morgan fingerprint density at radius 1 is 1.38 bits per heavy atom. The molecule has 0 spiro atoms. The molecule has 0 bridgehead atoms. The molecule has 1 unspecified atom stereocenters. The second-order valence-electron chi connectivity index (χ2n) is 4.33. The highest BCUT2D eigenvalue weighted by Crippen LogP contribution is 2.35. The molecule has 0 amide bonds. The lowest BCUT2D eigenvalue weighted by Crippen LogP contribution is -2.28. The van der Waals surface area contributed by atoms with Crippen molar-refractivity contribution in [3.8, 4) is 5.75 Å². The number of rotatable bonds is 4. The van der Waals surface area contributed by atoms with Crippen molar-refractivity contribution in [2.75, 3.05) is 13.2 Å². The molecule has 88 valence electrons. The van der Waals surface area contributed by atoms with E-state index in [0.29, 0.717) is 6.04 Å². The number of ether oxygens (including phenoxy) is 1. The standard InChI is InChI=1S/C14H21NO/c1-3-9-15-13-8-10-16-14-11(4-2)6-5-7-12(13)14/h5-7,13,15H,3-4,8-10H2,1-2H3. The molecule has 1 atom stereocenters. The van der Waals surface area contributed by atoms with Crippen LogP contribution < -0.4 is 10.1 Å². The van der Waals surface area contributed by atoms with Gasteiger partial charge in [-0.2, -0.15) is 0 Å². The maximum absolute atomic E-state index is 5.82. The number of benzene rings is 1. The Bertz CT molecular complexity index is 349. The summed E-state index contributed by atoms with van der Waals surface area (Å²) in [6, 6.07) is 6.99. The van der Waals surface area contributed by atoms with Gasteiger partial charge in [0, 0.05) is 18.0 Å². The van der Waals surface area contributed by atoms with E-state index in [9.17, 15) is 0 Å². The van der Waals surface area contributed by atoms with Gasteiger partial charge >= 0.3 is 0 Å². The third kappa shape index (κ3) is 2.22. The molecule has 1 aromatic carbocycles. The lowest BCUT2D eigenvalue weighted by molar-refractivity contribution is 0.250. The molecule has 0 aromatic heterocycles. The lowest BCUT2D eigenvalue weighted by atomic mass is 9.96. The zero-order chi connectivity index (χ0) is 11.4. The third-order valence-corrected chi connectivity index (χ3v) is 3.18. The Hall–Kier alpha value is -1.02. The van der Waals surface area contributed by atoms with Crippen molar-refractivity contribution in [3.63, 3.8) is 0 Å². The summed E-state index contributed by atoms with van der Waals surface area (Å²) in [7, 11) is 0. The number of fused-ring (bicyclic) bond motifs is 1. The fraction of sp³-hybridized carbons (Fsp3) is 0.571. The average Bonchev–Trinajstić information content (AvgIpc) is 2.35. The summed E-state index contributed by atoms with van der Waals surface area (Å²) in [4.78, 5) is 0. The molecule has 0 saturated carbocycles. The van der Waals surface area contributed by atoms with Gasteiger partial charge in [-0.3, -0.25) is 0 Å². The van der Waals surface area contributed by atoms with Crippen LogP contribution in [0.15, 0.2) is 18.2 Å². The van der Waals surface area contributed by atoms with Crippen molar-refractivity contribution in [2.45, 2.75) is 39.2 Å². The van der Waals surface area contributed by atoms with Crippen LogP contribution >= 0.6 is 0 Å². The molecular weight excluding hydrogens is 198 g/mol. The maximum atomic E-state index is 5.82. The van der Waals surface area contributed by atoms with Crippen LogP contribution in [0.5, 0.6) is 5.75 Å². The highest BCUT2D eigenvalue weighted by Gasteiger charge is 2.22. The topological polar surface area (TPSA) is 21.3 Å². The van der Waals surface area contributed by atoms with Crippen LogP contribution in [0.3, 0.4) is 0 Å². The van der Waals surface area contributed by atoms with Gasteiger partial charge in [0.15, 0.2) is 0 Å². The molecule has 1 aliphatic heterocycles. The average molecular weight is 219 g/mol. The van der Waals surface area contributed by atoms with E-state index in [1.165, 1.54) is 17.5 Å². The monoisotopic (exact) mass is 219 g/mol. The summed E-state index contributed by atoms with van der Waals surface area (Å²) >= 11 is 0. The van der Waals surface area contributed by atoms with Crippen LogP contribution in [0.4, 0.5) is 0 Å². The van der Waals surface area contributed by atoms with Gasteiger partial charge in [0.2, 0.25) is 0 Å². The van der Waals surface area contributed by atoms with Gasteiger partial charge in [-0.15, -0.1) is 0 Å². The summed E-state index contributed by atoms with van der Waals surface area (Å²) in [5, 5.41) is 3.60. The molecular formula is C14H21NO. The molecule has 2 rings (SSSR count). The predicted octanol–water partition coefficient (Wildman–Crippen LogP) is 3.07. The molecule has 0 saturated heterocycles. The molecule has 0 radical (unpaired) electrons. The summed E-state index contributed by atoms with van der Waals surface area (Å²) < 4.78 is 5.82. The van der Waals surface area contributed by atoms with Crippen LogP contribution in [0.1, 0.15) is 43.9 Å². The minimum absolute atomic E-state index is 0.482. The number of nitrogens with one attached hydrogen (secondary N) is 1. The SMILES string of the molecule is CCCNC1CCOc2c(CC)cccc21. The van der Waals surface area contributed by atoms with Crippen LogP contribution in [-0.4, -0.2) is 13.2 Å². The molecule has 0 fully saturated rings. The van der Waals surface area contributed by atoms with Crippen molar-refractivity contribution < 1.29 is 4.74 Å². The number of aryl methyl sites for hydroxylation is 1. The van der Waals surface area contributed by atoms with E-state index in [1.54, 1.807) is 0 Å². The van der Waals surface area contributed by atoms with Crippen molar-refractivity contribution in [3.05, 3.63) is 29.3 Å².